The van der Waals surface area contributed by atoms with Gasteiger partial charge in [-0.25, -0.2) is 4.79 Å². The predicted octanol–water partition coefficient (Wildman–Crippen LogP) is 6.75. The normalized spacial score (nSPS) is 14.4. The van der Waals surface area contributed by atoms with Crippen molar-refractivity contribution in [1.82, 2.24) is 0 Å². The Morgan fingerprint density at radius 3 is 2.59 bits per heavy atom. The van der Waals surface area contributed by atoms with E-state index in [1.807, 2.05) is 25.1 Å². The molecule has 0 aliphatic carbocycles. The number of unbranched alkanes of at least 4 members (excludes halogenated alkanes) is 1. The summed E-state index contributed by atoms with van der Waals surface area (Å²) in [7, 11) is 0. The van der Waals surface area contributed by atoms with E-state index < -0.39 is 11.9 Å². The molecule has 1 aliphatic heterocycles. The number of benzene rings is 3. The van der Waals surface area contributed by atoms with Gasteiger partial charge >= 0.3 is 5.97 Å². The van der Waals surface area contributed by atoms with E-state index in [0.717, 1.165) is 24.0 Å². The van der Waals surface area contributed by atoms with Crippen molar-refractivity contribution in [2.75, 3.05) is 13.2 Å². The Kier molecular flexibility index (Phi) is 9.14. The molecule has 200 valence electrons. The summed E-state index contributed by atoms with van der Waals surface area (Å²) in [5.41, 5.74) is 8.75. The zero-order valence-electron chi connectivity index (χ0n) is 21.8. The molecule has 1 heterocycles. The van der Waals surface area contributed by atoms with Crippen LogP contribution in [0.5, 0.6) is 23.0 Å². The fourth-order valence-corrected chi connectivity index (χ4v) is 4.27. The fourth-order valence-electron chi connectivity index (χ4n) is 4.15. The quantitative estimate of drug-likeness (QED) is 0.130. The molecule has 1 aliphatic rings. The molecule has 39 heavy (non-hydrogen) atoms. The van der Waals surface area contributed by atoms with Crippen molar-refractivity contribution in [2.45, 2.75) is 32.6 Å². The average Bonchev–Trinajstić information content (AvgIpc) is 2.93. The third kappa shape index (κ3) is 6.73. The number of hydrogen-bond donors (Lipinski definition) is 1. The van der Waals surface area contributed by atoms with Crippen LogP contribution in [0.1, 0.15) is 49.3 Å². The highest BCUT2D eigenvalue weighted by Crippen LogP contribution is 2.45. The van der Waals surface area contributed by atoms with Gasteiger partial charge in [-0.2, -0.15) is 5.26 Å². The monoisotopic (exact) mass is 544 g/mol. The van der Waals surface area contributed by atoms with Gasteiger partial charge in [-0.05, 0) is 60.9 Å². The Hall–Kier alpha value is -4.41. The summed E-state index contributed by atoms with van der Waals surface area (Å²) in [5.74, 6) is 0.836. The SMILES string of the molecule is CCCCOc1ccc(C2C(C#N)=C(N)Oc3cc(OC(=O)/C=C/c4ccc(Cl)cc4)ccc32)cc1OCC. The van der Waals surface area contributed by atoms with Crippen LogP contribution in [0.4, 0.5) is 0 Å². The number of esters is 1. The van der Waals surface area contributed by atoms with Crippen molar-refractivity contribution in [3.8, 4) is 29.1 Å². The Morgan fingerprint density at radius 1 is 1.08 bits per heavy atom. The van der Waals surface area contributed by atoms with Crippen LogP contribution >= 0.6 is 11.6 Å². The van der Waals surface area contributed by atoms with E-state index in [9.17, 15) is 10.1 Å². The van der Waals surface area contributed by atoms with E-state index in [2.05, 4.69) is 13.0 Å². The van der Waals surface area contributed by atoms with Crippen molar-refractivity contribution in [3.05, 3.63) is 99.9 Å². The van der Waals surface area contributed by atoms with Gasteiger partial charge in [0, 0.05) is 22.7 Å². The van der Waals surface area contributed by atoms with E-state index >= 15 is 0 Å². The van der Waals surface area contributed by atoms with Gasteiger partial charge in [-0.15, -0.1) is 0 Å². The minimum absolute atomic E-state index is 0.0117. The lowest BCUT2D eigenvalue weighted by atomic mass is 9.83. The zero-order chi connectivity index (χ0) is 27.8. The summed E-state index contributed by atoms with van der Waals surface area (Å²) in [6.45, 7) is 5.05. The first-order valence-electron chi connectivity index (χ1n) is 12.7. The number of nitriles is 1. The van der Waals surface area contributed by atoms with Crippen LogP contribution in [0, 0.1) is 11.3 Å². The molecule has 0 spiro atoms. The molecule has 3 aromatic rings. The number of nitrogens with zero attached hydrogens (tertiary/aromatic N) is 1. The number of halogens is 1. The number of fused-ring (bicyclic) bond motifs is 1. The number of hydrogen-bond acceptors (Lipinski definition) is 7. The highest BCUT2D eigenvalue weighted by Gasteiger charge is 2.31. The number of carbonyl (C=O) groups is 1. The van der Waals surface area contributed by atoms with Gasteiger partial charge in [0.15, 0.2) is 11.5 Å². The molecular weight excluding hydrogens is 516 g/mol. The topological polar surface area (TPSA) is 104 Å². The molecule has 7 nitrogen and oxygen atoms in total. The van der Waals surface area contributed by atoms with Crippen LogP contribution in [0.3, 0.4) is 0 Å². The molecule has 0 radical (unpaired) electrons. The molecule has 1 unspecified atom stereocenters. The van der Waals surface area contributed by atoms with E-state index in [0.29, 0.717) is 41.0 Å². The van der Waals surface area contributed by atoms with Gasteiger partial charge in [0.1, 0.15) is 23.1 Å². The molecule has 8 heteroatoms. The summed E-state index contributed by atoms with van der Waals surface area (Å²) in [5, 5.41) is 10.5. The lowest BCUT2D eigenvalue weighted by Gasteiger charge is -2.27. The Bertz CT molecular complexity index is 1440. The van der Waals surface area contributed by atoms with Crippen LogP contribution < -0.4 is 24.7 Å². The minimum Gasteiger partial charge on any atom is -0.490 e. The van der Waals surface area contributed by atoms with E-state index in [1.54, 1.807) is 48.5 Å². The summed E-state index contributed by atoms with van der Waals surface area (Å²) >= 11 is 5.90. The van der Waals surface area contributed by atoms with Gasteiger partial charge in [-0.1, -0.05) is 49.2 Å². The summed E-state index contributed by atoms with van der Waals surface area (Å²) in [6.07, 6.45) is 4.91. The molecule has 0 bridgehead atoms. The highest BCUT2D eigenvalue weighted by molar-refractivity contribution is 6.30. The van der Waals surface area contributed by atoms with E-state index in [-0.39, 0.29) is 17.2 Å². The van der Waals surface area contributed by atoms with Crippen molar-refractivity contribution in [3.63, 3.8) is 0 Å². The van der Waals surface area contributed by atoms with Crippen LogP contribution in [0.25, 0.3) is 6.08 Å². The maximum Gasteiger partial charge on any atom is 0.336 e. The van der Waals surface area contributed by atoms with E-state index in [4.69, 9.17) is 36.3 Å². The standard InChI is InChI=1S/C31H29ClN2O5/c1-3-5-16-37-26-14-9-21(17-28(26)36-4-2)30-24-13-12-23(18-27(24)39-31(34)25(30)19-33)38-29(35)15-8-20-6-10-22(32)11-7-20/h6-15,17-18,30H,3-5,16,34H2,1-2H3/b15-8+. The van der Waals surface area contributed by atoms with Crippen molar-refractivity contribution in [1.29, 1.82) is 5.26 Å². The Labute approximate surface area is 233 Å². The van der Waals surface area contributed by atoms with Gasteiger partial charge in [0.05, 0.1) is 19.1 Å². The fraction of sp³-hybridized carbons (Fsp3) is 0.226. The van der Waals surface area contributed by atoms with Gasteiger partial charge in [0.25, 0.3) is 0 Å². The number of allylic oxidation sites excluding steroid dienone is 1. The number of nitrogens with two attached hydrogens (primary N) is 1. The van der Waals surface area contributed by atoms with Crippen LogP contribution in [0.15, 0.2) is 78.2 Å². The molecule has 0 saturated heterocycles. The number of rotatable bonds is 10. The van der Waals surface area contributed by atoms with Crippen molar-refractivity contribution in [2.24, 2.45) is 5.73 Å². The summed E-state index contributed by atoms with van der Waals surface area (Å²) in [6, 6.07) is 19.9. The first-order valence-corrected chi connectivity index (χ1v) is 13.1. The second kappa shape index (κ2) is 12.9. The first kappa shape index (κ1) is 27.6. The van der Waals surface area contributed by atoms with Crippen LogP contribution in [0.2, 0.25) is 5.02 Å². The summed E-state index contributed by atoms with van der Waals surface area (Å²) in [4.78, 5) is 12.4. The smallest absolute Gasteiger partial charge is 0.336 e. The minimum atomic E-state index is -0.557. The second-order valence-corrected chi connectivity index (χ2v) is 9.21. The molecule has 2 N–H and O–H groups in total. The van der Waals surface area contributed by atoms with Crippen LogP contribution in [-0.4, -0.2) is 19.2 Å². The molecule has 3 aromatic carbocycles. The lowest BCUT2D eigenvalue weighted by Crippen LogP contribution is -2.21. The summed E-state index contributed by atoms with van der Waals surface area (Å²) < 4.78 is 23.0. The molecule has 1 atom stereocenters. The van der Waals surface area contributed by atoms with E-state index in [1.165, 1.54) is 6.08 Å². The first-order chi connectivity index (χ1) is 18.9. The number of carbonyl (C=O) groups excluding carboxylic acids is 1. The van der Waals surface area contributed by atoms with Crippen molar-refractivity contribution < 1.29 is 23.7 Å². The molecule has 4 rings (SSSR count). The van der Waals surface area contributed by atoms with Gasteiger partial charge in [-0.3, -0.25) is 0 Å². The molecular formula is C31H29ClN2O5. The predicted molar refractivity (Wildman–Crippen MR) is 150 cm³/mol. The average molecular weight is 545 g/mol. The third-order valence-electron chi connectivity index (χ3n) is 6.05. The maximum atomic E-state index is 12.4. The molecule has 0 amide bonds. The zero-order valence-corrected chi connectivity index (χ0v) is 22.5. The molecule has 0 saturated carbocycles. The second-order valence-electron chi connectivity index (χ2n) is 8.77. The van der Waals surface area contributed by atoms with Gasteiger partial charge in [0.2, 0.25) is 5.88 Å². The molecule has 0 aromatic heterocycles. The largest absolute Gasteiger partial charge is 0.490 e. The third-order valence-corrected chi connectivity index (χ3v) is 6.30. The Balaban J connectivity index is 1.60. The Morgan fingerprint density at radius 2 is 1.87 bits per heavy atom. The van der Waals surface area contributed by atoms with Crippen LogP contribution in [-0.2, 0) is 4.79 Å². The lowest BCUT2D eigenvalue weighted by molar-refractivity contribution is -0.128. The van der Waals surface area contributed by atoms with Crippen molar-refractivity contribution >= 4 is 23.6 Å². The number of ether oxygens (including phenoxy) is 4. The molecule has 0 fully saturated rings. The maximum absolute atomic E-state index is 12.4. The highest BCUT2D eigenvalue weighted by atomic mass is 35.5. The van der Waals surface area contributed by atoms with Gasteiger partial charge < -0.3 is 24.7 Å².